The molecule has 1 atom stereocenters. The number of aryl methyl sites for hydroxylation is 1. The van der Waals surface area contributed by atoms with Gasteiger partial charge in [-0.3, -0.25) is 5.10 Å². The standard InChI is InChI=1S/C8H16N4/c1-4-8(3,5-9)7-10-6(2)11-12-7/h4-5,9H2,1-3H3,(H,10,11,12). The van der Waals surface area contributed by atoms with Crippen LogP contribution in [0.1, 0.15) is 31.9 Å². The highest BCUT2D eigenvalue weighted by Crippen LogP contribution is 2.22. The number of H-pyrrole nitrogens is 1. The number of hydrogen-bond acceptors (Lipinski definition) is 3. The van der Waals surface area contributed by atoms with Crippen LogP contribution in [-0.2, 0) is 5.41 Å². The minimum atomic E-state index is -0.0786. The van der Waals surface area contributed by atoms with Crippen LogP contribution in [-0.4, -0.2) is 21.7 Å². The van der Waals surface area contributed by atoms with Crippen molar-refractivity contribution in [3.63, 3.8) is 0 Å². The van der Waals surface area contributed by atoms with Crippen LogP contribution in [0.5, 0.6) is 0 Å². The van der Waals surface area contributed by atoms with Crippen LogP contribution in [0.3, 0.4) is 0 Å². The van der Waals surface area contributed by atoms with E-state index in [1.807, 2.05) is 6.92 Å². The smallest absolute Gasteiger partial charge is 0.157 e. The van der Waals surface area contributed by atoms with E-state index < -0.39 is 0 Å². The van der Waals surface area contributed by atoms with Gasteiger partial charge in [-0.1, -0.05) is 13.8 Å². The molecule has 1 rings (SSSR count). The molecule has 4 heteroatoms. The lowest BCUT2D eigenvalue weighted by molar-refractivity contribution is 0.439. The predicted molar refractivity (Wildman–Crippen MR) is 47.8 cm³/mol. The van der Waals surface area contributed by atoms with Crippen LogP contribution in [0.4, 0.5) is 0 Å². The molecule has 1 aromatic rings. The van der Waals surface area contributed by atoms with Gasteiger partial charge in [-0.25, -0.2) is 4.98 Å². The zero-order chi connectivity index (χ0) is 9.19. The highest BCUT2D eigenvalue weighted by molar-refractivity contribution is 5.05. The fourth-order valence-corrected chi connectivity index (χ4v) is 1.01. The number of nitrogens with two attached hydrogens (primary N) is 1. The molecule has 1 unspecified atom stereocenters. The van der Waals surface area contributed by atoms with Crippen LogP contribution < -0.4 is 5.73 Å². The molecule has 12 heavy (non-hydrogen) atoms. The van der Waals surface area contributed by atoms with Crippen LogP contribution in [0.15, 0.2) is 0 Å². The highest BCUT2D eigenvalue weighted by atomic mass is 15.2. The van der Waals surface area contributed by atoms with E-state index in [1.54, 1.807) is 0 Å². The Labute approximate surface area is 72.6 Å². The van der Waals surface area contributed by atoms with E-state index in [4.69, 9.17) is 5.73 Å². The molecular formula is C8H16N4. The Hall–Kier alpha value is -0.900. The number of nitrogens with zero attached hydrogens (tertiary/aromatic N) is 2. The maximum atomic E-state index is 5.66. The lowest BCUT2D eigenvalue weighted by Gasteiger charge is -2.21. The van der Waals surface area contributed by atoms with Crippen molar-refractivity contribution < 1.29 is 0 Å². The zero-order valence-corrected chi connectivity index (χ0v) is 7.89. The molecule has 0 fully saturated rings. The summed E-state index contributed by atoms with van der Waals surface area (Å²) in [5.41, 5.74) is 5.59. The van der Waals surface area contributed by atoms with Gasteiger partial charge < -0.3 is 5.73 Å². The molecule has 1 aromatic heterocycles. The summed E-state index contributed by atoms with van der Waals surface area (Å²) >= 11 is 0. The summed E-state index contributed by atoms with van der Waals surface area (Å²) < 4.78 is 0. The molecule has 0 saturated carbocycles. The molecule has 0 aliphatic heterocycles. The Bertz CT molecular complexity index is 249. The van der Waals surface area contributed by atoms with Crippen LogP contribution >= 0.6 is 0 Å². The Morgan fingerprint density at radius 2 is 2.25 bits per heavy atom. The molecule has 0 radical (unpaired) electrons. The third-order valence-corrected chi connectivity index (χ3v) is 2.37. The van der Waals surface area contributed by atoms with E-state index in [9.17, 15) is 0 Å². The fourth-order valence-electron chi connectivity index (χ4n) is 1.01. The van der Waals surface area contributed by atoms with Gasteiger partial charge >= 0.3 is 0 Å². The first-order valence-electron chi connectivity index (χ1n) is 4.22. The molecule has 0 aliphatic carbocycles. The second-order valence-electron chi connectivity index (χ2n) is 3.36. The topological polar surface area (TPSA) is 67.6 Å². The molecule has 0 amide bonds. The van der Waals surface area contributed by atoms with Crippen molar-refractivity contribution in [1.82, 2.24) is 15.2 Å². The van der Waals surface area contributed by atoms with Crippen molar-refractivity contribution >= 4 is 0 Å². The first kappa shape index (κ1) is 9.19. The molecule has 4 nitrogen and oxygen atoms in total. The van der Waals surface area contributed by atoms with Crippen molar-refractivity contribution in [2.24, 2.45) is 5.73 Å². The number of aromatic nitrogens is 3. The Morgan fingerprint density at radius 1 is 1.58 bits per heavy atom. The largest absolute Gasteiger partial charge is 0.329 e. The SMILES string of the molecule is CCC(C)(CN)c1n[nH]c(C)n1. The predicted octanol–water partition coefficient (Wildman–Crippen LogP) is 0.740. The normalized spacial score (nSPS) is 16.0. The number of aromatic amines is 1. The summed E-state index contributed by atoms with van der Waals surface area (Å²) in [6.07, 6.45) is 0.959. The summed E-state index contributed by atoms with van der Waals surface area (Å²) in [7, 11) is 0. The lowest BCUT2D eigenvalue weighted by atomic mass is 9.87. The zero-order valence-electron chi connectivity index (χ0n) is 7.89. The highest BCUT2D eigenvalue weighted by Gasteiger charge is 2.26. The average Bonchev–Trinajstić information content (AvgIpc) is 2.51. The molecule has 0 spiro atoms. The summed E-state index contributed by atoms with van der Waals surface area (Å²) in [4.78, 5) is 4.28. The Morgan fingerprint density at radius 3 is 2.58 bits per heavy atom. The van der Waals surface area contributed by atoms with Crippen molar-refractivity contribution in [2.45, 2.75) is 32.6 Å². The second-order valence-corrected chi connectivity index (χ2v) is 3.36. The maximum Gasteiger partial charge on any atom is 0.157 e. The maximum absolute atomic E-state index is 5.66. The first-order chi connectivity index (χ1) is 5.62. The van der Waals surface area contributed by atoms with Gasteiger partial charge in [0.1, 0.15) is 5.82 Å². The molecule has 68 valence electrons. The Balaban J connectivity index is 2.94. The molecule has 0 saturated heterocycles. The van der Waals surface area contributed by atoms with E-state index in [0.717, 1.165) is 18.1 Å². The molecular weight excluding hydrogens is 152 g/mol. The summed E-state index contributed by atoms with van der Waals surface area (Å²) in [5, 5.41) is 6.94. The number of nitrogens with one attached hydrogen (secondary N) is 1. The lowest BCUT2D eigenvalue weighted by Crippen LogP contribution is -2.32. The van der Waals surface area contributed by atoms with Crippen LogP contribution in [0.25, 0.3) is 0 Å². The van der Waals surface area contributed by atoms with Gasteiger partial charge in [-0.2, -0.15) is 5.10 Å². The van der Waals surface area contributed by atoms with Crippen molar-refractivity contribution in [3.05, 3.63) is 11.6 Å². The number of rotatable bonds is 3. The average molecular weight is 168 g/mol. The van der Waals surface area contributed by atoms with Crippen molar-refractivity contribution in [3.8, 4) is 0 Å². The van der Waals surface area contributed by atoms with Gasteiger partial charge in [-0.15, -0.1) is 0 Å². The van der Waals surface area contributed by atoms with E-state index >= 15 is 0 Å². The summed E-state index contributed by atoms with van der Waals surface area (Å²) in [6, 6.07) is 0. The molecule has 0 aliphatic rings. The number of hydrogen-bond donors (Lipinski definition) is 2. The molecule has 1 heterocycles. The van der Waals surface area contributed by atoms with Crippen molar-refractivity contribution in [2.75, 3.05) is 6.54 Å². The minimum Gasteiger partial charge on any atom is -0.329 e. The van der Waals surface area contributed by atoms with Crippen LogP contribution in [0, 0.1) is 6.92 Å². The second kappa shape index (κ2) is 3.23. The third kappa shape index (κ3) is 1.48. The van der Waals surface area contributed by atoms with Crippen molar-refractivity contribution in [1.29, 1.82) is 0 Å². The van der Waals surface area contributed by atoms with Gasteiger partial charge in [0.25, 0.3) is 0 Å². The van der Waals surface area contributed by atoms with Gasteiger partial charge in [0.15, 0.2) is 5.82 Å². The van der Waals surface area contributed by atoms with Crippen LogP contribution in [0.2, 0.25) is 0 Å². The quantitative estimate of drug-likeness (QED) is 0.699. The first-order valence-corrected chi connectivity index (χ1v) is 4.22. The van der Waals surface area contributed by atoms with Gasteiger partial charge in [-0.05, 0) is 13.3 Å². The summed E-state index contributed by atoms with van der Waals surface area (Å²) in [6.45, 7) is 6.65. The minimum absolute atomic E-state index is 0.0786. The van der Waals surface area contributed by atoms with E-state index in [1.165, 1.54) is 0 Å². The van der Waals surface area contributed by atoms with Gasteiger partial charge in [0, 0.05) is 12.0 Å². The van der Waals surface area contributed by atoms with Gasteiger partial charge in [0.2, 0.25) is 0 Å². The molecule has 0 aromatic carbocycles. The third-order valence-electron chi connectivity index (χ3n) is 2.37. The van der Waals surface area contributed by atoms with Gasteiger partial charge in [0.05, 0.1) is 0 Å². The van der Waals surface area contributed by atoms with E-state index in [-0.39, 0.29) is 5.41 Å². The molecule has 0 bridgehead atoms. The fraction of sp³-hybridized carbons (Fsp3) is 0.750. The molecule has 3 N–H and O–H groups in total. The van der Waals surface area contributed by atoms with E-state index in [2.05, 4.69) is 29.0 Å². The monoisotopic (exact) mass is 168 g/mol. The Kier molecular flexibility index (Phi) is 2.47. The van der Waals surface area contributed by atoms with E-state index in [0.29, 0.717) is 6.54 Å². The summed E-state index contributed by atoms with van der Waals surface area (Å²) in [5.74, 6) is 1.67.